The zero-order valence-corrected chi connectivity index (χ0v) is 37.8. The van der Waals surface area contributed by atoms with Crippen LogP contribution >= 0.6 is 7.82 Å². The lowest BCUT2D eigenvalue weighted by atomic mass is 10.1. The topological polar surface area (TPSA) is 108 Å². The number of phosphoric acid groups is 1. The van der Waals surface area contributed by atoms with Gasteiger partial charge in [0.1, 0.15) is 19.8 Å². The van der Waals surface area contributed by atoms with Crippen molar-refractivity contribution in [1.29, 1.82) is 0 Å². The summed E-state index contributed by atoms with van der Waals surface area (Å²) in [5, 5.41) is 0. The second-order valence-corrected chi connectivity index (χ2v) is 17.9. The van der Waals surface area contributed by atoms with Crippen LogP contribution in [-0.2, 0) is 32.7 Å². The van der Waals surface area contributed by atoms with Crippen molar-refractivity contribution in [1.82, 2.24) is 0 Å². The molecule has 0 aromatic carbocycles. The lowest BCUT2D eigenvalue weighted by Gasteiger charge is -2.24. The molecule has 0 rings (SSSR count). The largest absolute Gasteiger partial charge is 0.472 e. The van der Waals surface area contributed by atoms with Crippen LogP contribution < -0.4 is 0 Å². The van der Waals surface area contributed by atoms with E-state index in [1.165, 1.54) is 96.3 Å². The molecule has 0 spiro atoms. The Morgan fingerprint density at radius 2 is 0.964 bits per heavy atom. The van der Waals surface area contributed by atoms with Crippen molar-refractivity contribution >= 4 is 19.8 Å². The Kier molecular flexibility index (Phi) is 37.5. The van der Waals surface area contributed by atoms with Crippen LogP contribution in [0.4, 0.5) is 0 Å². The summed E-state index contributed by atoms with van der Waals surface area (Å²) >= 11 is 0. The van der Waals surface area contributed by atoms with Gasteiger partial charge >= 0.3 is 19.8 Å². The van der Waals surface area contributed by atoms with Crippen LogP contribution in [0, 0.1) is 0 Å². The number of nitrogens with zero attached hydrogens (tertiary/aromatic N) is 1. The SMILES string of the molecule is CCCCC/C=C/C/C=C/CCCCCCCCCC(=O)OC[C@H](COP(=O)(O)OCC[N+](C)(C)C)OC(=O)CCCCCCCCC/C=C/CCCCCC. The molecular formula is C46H87NO8P+. The Hall–Kier alpha value is -1.77. The van der Waals surface area contributed by atoms with Gasteiger partial charge in [0.15, 0.2) is 6.10 Å². The van der Waals surface area contributed by atoms with Gasteiger partial charge in [0, 0.05) is 12.8 Å². The molecule has 0 heterocycles. The van der Waals surface area contributed by atoms with E-state index in [2.05, 4.69) is 50.3 Å². The molecule has 0 aromatic heterocycles. The lowest BCUT2D eigenvalue weighted by molar-refractivity contribution is -0.870. The zero-order valence-electron chi connectivity index (χ0n) is 36.9. The van der Waals surface area contributed by atoms with E-state index in [0.29, 0.717) is 17.4 Å². The summed E-state index contributed by atoms with van der Waals surface area (Å²) in [4.78, 5) is 35.4. The van der Waals surface area contributed by atoms with Crippen LogP contribution in [0.5, 0.6) is 0 Å². The van der Waals surface area contributed by atoms with Gasteiger partial charge in [-0.1, -0.05) is 147 Å². The average Bonchev–Trinajstić information content (AvgIpc) is 3.15. The number of hydrogen-bond donors (Lipinski definition) is 1. The highest BCUT2D eigenvalue weighted by Gasteiger charge is 2.27. The lowest BCUT2D eigenvalue weighted by Crippen LogP contribution is -2.37. The molecule has 9 nitrogen and oxygen atoms in total. The highest BCUT2D eigenvalue weighted by molar-refractivity contribution is 7.47. The van der Waals surface area contributed by atoms with E-state index in [-0.39, 0.29) is 32.0 Å². The van der Waals surface area contributed by atoms with E-state index < -0.39 is 26.5 Å². The Balaban J connectivity index is 4.35. The van der Waals surface area contributed by atoms with Crippen LogP contribution in [0.3, 0.4) is 0 Å². The number of hydrogen-bond acceptors (Lipinski definition) is 7. The van der Waals surface area contributed by atoms with Crippen molar-refractivity contribution < 1.29 is 42.1 Å². The minimum absolute atomic E-state index is 0.0294. The minimum Gasteiger partial charge on any atom is -0.462 e. The first-order valence-corrected chi connectivity index (χ1v) is 24.2. The van der Waals surface area contributed by atoms with Gasteiger partial charge in [0.2, 0.25) is 0 Å². The standard InChI is InChI=1S/C46H86NO8P/c1-6-8-10-12-14-16-18-20-22-23-25-26-28-30-32-34-36-38-45(48)52-42-44(43-54-56(50,51)53-41-40-47(3,4)5)55-46(49)39-37-35-33-31-29-27-24-21-19-17-15-13-11-9-7-2/h14,16-17,19-20,22,44H,6-13,15,18,21,23-43H2,1-5H3/p+1/b16-14+,19-17+,22-20+/t44-/m1/s1. The molecule has 0 aromatic rings. The minimum atomic E-state index is -4.38. The summed E-state index contributed by atoms with van der Waals surface area (Å²) in [6.45, 7) is 4.38. The Labute approximate surface area is 344 Å². The normalized spacial score (nSPS) is 13.9. The number of phosphoric ester groups is 1. The first-order chi connectivity index (χ1) is 27.0. The van der Waals surface area contributed by atoms with Crippen molar-refractivity contribution in [2.45, 2.75) is 200 Å². The molecule has 2 atom stereocenters. The molecule has 328 valence electrons. The van der Waals surface area contributed by atoms with Gasteiger partial charge in [-0.05, 0) is 70.6 Å². The number of allylic oxidation sites excluding steroid dienone is 6. The first kappa shape index (κ1) is 54.2. The number of ether oxygens (including phenoxy) is 2. The maximum absolute atomic E-state index is 12.7. The number of carbonyl (C=O) groups excluding carboxylic acids is 2. The maximum atomic E-state index is 12.7. The summed E-state index contributed by atoms with van der Waals surface area (Å²) in [6.07, 6.45) is 43.2. The fourth-order valence-corrected chi connectivity index (χ4v) is 6.78. The molecule has 0 aliphatic rings. The Bertz CT molecular complexity index is 1050. The second kappa shape index (κ2) is 38.7. The van der Waals surface area contributed by atoms with E-state index in [0.717, 1.165) is 64.2 Å². The van der Waals surface area contributed by atoms with Crippen molar-refractivity contribution in [3.05, 3.63) is 36.5 Å². The second-order valence-electron chi connectivity index (χ2n) is 16.4. The molecule has 56 heavy (non-hydrogen) atoms. The van der Waals surface area contributed by atoms with Crippen molar-refractivity contribution in [2.75, 3.05) is 47.5 Å². The highest BCUT2D eigenvalue weighted by Crippen LogP contribution is 2.43. The fraction of sp³-hybridized carbons (Fsp3) is 0.826. The third-order valence-corrected chi connectivity index (χ3v) is 10.6. The Morgan fingerprint density at radius 1 is 0.554 bits per heavy atom. The van der Waals surface area contributed by atoms with Gasteiger partial charge in [-0.15, -0.1) is 0 Å². The van der Waals surface area contributed by atoms with Gasteiger partial charge in [-0.25, -0.2) is 4.57 Å². The van der Waals surface area contributed by atoms with Crippen molar-refractivity contribution in [2.24, 2.45) is 0 Å². The van der Waals surface area contributed by atoms with Crippen LogP contribution in [0.2, 0.25) is 0 Å². The Morgan fingerprint density at radius 3 is 1.46 bits per heavy atom. The van der Waals surface area contributed by atoms with E-state index in [4.69, 9.17) is 18.5 Å². The van der Waals surface area contributed by atoms with Crippen LogP contribution in [0.15, 0.2) is 36.5 Å². The van der Waals surface area contributed by atoms with Gasteiger partial charge in [-0.3, -0.25) is 18.6 Å². The number of quaternary nitrogens is 1. The van der Waals surface area contributed by atoms with Gasteiger partial charge in [0.05, 0.1) is 27.7 Å². The first-order valence-electron chi connectivity index (χ1n) is 22.7. The van der Waals surface area contributed by atoms with E-state index >= 15 is 0 Å². The molecular weight excluding hydrogens is 725 g/mol. The number of carbonyl (C=O) groups is 2. The van der Waals surface area contributed by atoms with Crippen molar-refractivity contribution in [3.63, 3.8) is 0 Å². The van der Waals surface area contributed by atoms with Gasteiger partial charge < -0.3 is 18.9 Å². The summed E-state index contributed by atoms with van der Waals surface area (Å²) in [5.41, 5.74) is 0. The molecule has 0 aliphatic carbocycles. The molecule has 0 saturated carbocycles. The van der Waals surface area contributed by atoms with Gasteiger partial charge in [-0.2, -0.15) is 0 Å². The molecule has 0 fully saturated rings. The number of rotatable bonds is 41. The maximum Gasteiger partial charge on any atom is 0.472 e. The molecule has 0 saturated heterocycles. The smallest absolute Gasteiger partial charge is 0.462 e. The van der Waals surface area contributed by atoms with Crippen LogP contribution in [0.25, 0.3) is 0 Å². The number of esters is 2. The molecule has 10 heteroatoms. The molecule has 1 N–H and O–H groups in total. The van der Waals surface area contributed by atoms with E-state index in [1.807, 2.05) is 21.1 Å². The third-order valence-electron chi connectivity index (χ3n) is 9.64. The summed E-state index contributed by atoms with van der Waals surface area (Å²) < 4.78 is 34.3. The van der Waals surface area contributed by atoms with Crippen LogP contribution in [-0.4, -0.2) is 74.9 Å². The summed E-state index contributed by atoms with van der Waals surface area (Å²) in [5.74, 6) is -0.811. The quantitative estimate of drug-likeness (QED) is 0.0214. The highest BCUT2D eigenvalue weighted by atomic mass is 31.2. The van der Waals surface area contributed by atoms with Crippen molar-refractivity contribution in [3.8, 4) is 0 Å². The zero-order chi connectivity index (χ0) is 41.4. The van der Waals surface area contributed by atoms with E-state index in [1.54, 1.807) is 0 Å². The number of unbranched alkanes of at least 4 members (excludes halogenated alkanes) is 21. The van der Waals surface area contributed by atoms with Gasteiger partial charge in [0.25, 0.3) is 0 Å². The average molecular weight is 813 g/mol. The predicted octanol–water partition coefficient (Wildman–Crippen LogP) is 12.9. The molecule has 0 bridgehead atoms. The monoisotopic (exact) mass is 813 g/mol. The number of likely N-dealkylation sites (N-methyl/N-ethyl adjacent to an activating group) is 1. The molecule has 1 unspecified atom stereocenters. The summed E-state index contributed by atoms with van der Waals surface area (Å²) in [7, 11) is 1.47. The van der Waals surface area contributed by atoms with Crippen LogP contribution in [0.1, 0.15) is 194 Å². The molecule has 0 radical (unpaired) electrons. The molecule has 0 aliphatic heterocycles. The molecule has 0 amide bonds. The fourth-order valence-electron chi connectivity index (χ4n) is 6.04. The predicted molar refractivity (Wildman–Crippen MR) is 234 cm³/mol. The van der Waals surface area contributed by atoms with E-state index in [9.17, 15) is 19.0 Å². The third kappa shape index (κ3) is 41.9. The summed E-state index contributed by atoms with van der Waals surface area (Å²) in [6, 6.07) is 0.